The molecule has 2 aromatic rings. The molecule has 0 aromatic heterocycles. The van der Waals surface area contributed by atoms with Crippen molar-refractivity contribution < 1.29 is 13.2 Å². The van der Waals surface area contributed by atoms with Crippen molar-refractivity contribution >= 4 is 43.8 Å². The van der Waals surface area contributed by atoms with E-state index >= 15 is 0 Å². The normalized spacial score (nSPS) is 12.8. The van der Waals surface area contributed by atoms with Gasteiger partial charge in [-0.3, -0.25) is 9.10 Å². The Labute approximate surface area is 155 Å². The number of hydrogen-bond acceptors (Lipinski definition) is 4. The van der Waals surface area contributed by atoms with Crippen molar-refractivity contribution in [1.29, 1.82) is 0 Å². The van der Waals surface area contributed by atoms with Gasteiger partial charge in [0.05, 0.1) is 18.2 Å². The topological polar surface area (TPSA) is 78.8 Å². The zero-order chi connectivity index (χ0) is 18.4. The zero-order valence-electron chi connectivity index (χ0n) is 13.8. The molecule has 1 atom stereocenters. The number of halogens is 1. The van der Waals surface area contributed by atoms with Crippen LogP contribution >= 0.6 is 15.9 Å². The maximum absolute atomic E-state index is 12.3. The summed E-state index contributed by atoms with van der Waals surface area (Å²) in [5.74, 6) is -0.530. The van der Waals surface area contributed by atoms with E-state index in [9.17, 15) is 13.2 Å². The van der Waals surface area contributed by atoms with Crippen LogP contribution in [0.2, 0.25) is 0 Å². The third-order valence-corrected chi connectivity index (χ3v) is 5.35. The maximum atomic E-state index is 12.3. The monoisotopic (exact) mass is 423 g/mol. The van der Waals surface area contributed by atoms with Crippen LogP contribution in [-0.4, -0.2) is 32.8 Å². The molecule has 2 aromatic carbocycles. The van der Waals surface area contributed by atoms with Gasteiger partial charge >= 0.3 is 0 Å². The number of amides is 1. The van der Waals surface area contributed by atoms with Crippen molar-refractivity contribution in [3.05, 3.63) is 64.6 Å². The second-order valence-electron chi connectivity index (χ2n) is 5.33. The van der Waals surface area contributed by atoms with Gasteiger partial charge in [0.25, 0.3) is 5.91 Å². The Morgan fingerprint density at radius 2 is 1.76 bits per heavy atom. The first-order chi connectivity index (χ1) is 11.8. The van der Waals surface area contributed by atoms with Crippen LogP contribution in [0.4, 0.5) is 5.69 Å². The molecule has 8 heteroatoms. The summed E-state index contributed by atoms with van der Waals surface area (Å²) >= 11 is 3.38. The third-order valence-electron chi connectivity index (χ3n) is 3.38. The number of carbonyl (C=O) groups is 1. The van der Waals surface area contributed by atoms with Crippen molar-refractivity contribution in [3.63, 3.8) is 0 Å². The summed E-state index contributed by atoms with van der Waals surface area (Å²) in [6, 6.07) is 14.9. The zero-order valence-corrected chi connectivity index (χ0v) is 16.2. The van der Waals surface area contributed by atoms with Gasteiger partial charge in [0, 0.05) is 10.0 Å². The number of hydrazone groups is 1. The molecule has 0 aliphatic rings. The van der Waals surface area contributed by atoms with E-state index in [1.807, 2.05) is 24.3 Å². The van der Waals surface area contributed by atoms with Crippen LogP contribution in [0.3, 0.4) is 0 Å². The molecule has 2 rings (SSSR count). The predicted molar refractivity (Wildman–Crippen MR) is 103 cm³/mol. The first-order valence-electron chi connectivity index (χ1n) is 7.42. The highest BCUT2D eigenvalue weighted by molar-refractivity contribution is 9.10. The number of rotatable bonds is 6. The Hall–Kier alpha value is -2.19. The summed E-state index contributed by atoms with van der Waals surface area (Å²) in [5.41, 5.74) is 3.59. The minimum Gasteiger partial charge on any atom is -0.271 e. The minimum atomic E-state index is -3.63. The molecule has 0 fully saturated rings. The van der Waals surface area contributed by atoms with Crippen LogP contribution in [0, 0.1) is 0 Å². The Balaban J connectivity index is 2.15. The van der Waals surface area contributed by atoms with Crippen LogP contribution in [0.1, 0.15) is 12.5 Å². The average Bonchev–Trinajstić information content (AvgIpc) is 2.56. The quantitative estimate of drug-likeness (QED) is 0.572. The van der Waals surface area contributed by atoms with E-state index in [4.69, 9.17) is 0 Å². The maximum Gasteiger partial charge on any atom is 0.263 e. The number of sulfonamides is 1. The fourth-order valence-corrected chi connectivity index (χ4v) is 3.78. The van der Waals surface area contributed by atoms with Crippen molar-refractivity contribution in [1.82, 2.24) is 5.43 Å². The number of para-hydroxylation sites is 1. The smallest absolute Gasteiger partial charge is 0.263 e. The standard InChI is InChI=1S/C17H18BrN3O3S/c1-13(21(25(2,23)24)15-9-4-3-5-10-15)17(22)20-19-12-14-8-6-7-11-16(14)18/h3-13H,1-2H3,(H,20,22)/b19-12-/t13-/m1/s1. The molecule has 0 heterocycles. The molecule has 25 heavy (non-hydrogen) atoms. The number of anilines is 1. The lowest BCUT2D eigenvalue weighted by Crippen LogP contribution is -2.46. The Morgan fingerprint density at radius 1 is 1.16 bits per heavy atom. The van der Waals surface area contributed by atoms with E-state index < -0.39 is 22.0 Å². The van der Waals surface area contributed by atoms with E-state index in [0.717, 1.165) is 20.6 Å². The highest BCUT2D eigenvalue weighted by Crippen LogP contribution is 2.20. The van der Waals surface area contributed by atoms with Gasteiger partial charge in [-0.1, -0.05) is 52.3 Å². The Kier molecular flexibility index (Phi) is 6.33. The molecule has 0 radical (unpaired) electrons. The molecule has 0 spiro atoms. The summed E-state index contributed by atoms with van der Waals surface area (Å²) in [5, 5.41) is 3.91. The highest BCUT2D eigenvalue weighted by Gasteiger charge is 2.28. The molecule has 1 amide bonds. The SMILES string of the molecule is C[C@H](C(=O)N/N=C\c1ccccc1Br)N(c1ccccc1)S(C)(=O)=O. The molecule has 0 unspecified atom stereocenters. The van der Waals surface area contributed by atoms with Gasteiger partial charge in [0.15, 0.2) is 0 Å². The summed E-state index contributed by atoms with van der Waals surface area (Å²) in [6.45, 7) is 1.51. The minimum absolute atomic E-state index is 0.419. The number of hydrogen-bond donors (Lipinski definition) is 1. The predicted octanol–water partition coefficient (Wildman–Crippen LogP) is 2.75. The number of carbonyl (C=O) groups excluding carboxylic acids is 1. The molecule has 0 saturated carbocycles. The Bertz CT molecular complexity index is 870. The number of nitrogens with zero attached hydrogens (tertiary/aromatic N) is 2. The van der Waals surface area contributed by atoms with E-state index in [1.165, 1.54) is 13.1 Å². The average molecular weight is 424 g/mol. The number of nitrogens with one attached hydrogen (secondary N) is 1. The van der Waals surface area contributed by atoms with Crippen molar-refractivity contribution in [2.24, 2.45) is 5.10 Å². The van der Waals surface area contributed by atoms with Gasteiger partial charge < -0.3 is 0 Å². The van der Waals surface area contributed by atoms with Gasteiger partial charge in [-0.15, -0.1) is 0 Å². The fourth-order valence-electron chi connectivity index (χ4n) is 2.22. The largest absolute Gasteiger partial charge is 0.271 e. The lowest BCUT2D eigenvalue weighted by molar-refractivity contribution is -0.121. The van der Waals surface area contributed by atoms with Crippen LogP contribution in [0.5, 0.6) is 0 Å². The Morgan fingerprint density at radius 3 is 2.36 bits per heavy atom. The second kappa shape index (κ2) is 8.26. The van der Waals surface area contributed by atoms with E-state index in [-0.39, 0.29) is 0 Å². The van der Waals surface area contributed by atoms with E-state index in [2.05, 4.69) is 26.5 Å². The van der Waals surface area contributed by atoms with Crippen molar-refractivity contribution in [3.8, 4) is 0 Å². The van der Waals surface area contributed by atoms with E-state index in [0.29, 0.717) is 5.69 Å². The molecular formula is C17H18BrN3O3S. The summed E-state index contributed by atoms with van der Waals surface area (Å²) in [6.07, 6.45) is 2.55. The molecule has 0 aliphatic carbocycles. The molecular weight excluding hydrogens is 406 g/mol. The highest BCUT2D eigenvalue weighted by atomic mass is 79.9. The molecule has 132 valence electrons. The lowest BCUT2D eigenvalue weighted by atomic mass is 10.2. The summed E-state index contributed by atoms with van der Waals surface area (Å²) < 4.78 is 26.1. The molecule has 6 nitrogen and oxygen atoms in total. The fraction of sp³-hybridized carbons (Fsp3) is 0.176. The molecule has 0 aliphatic heterocycles. The van der Waals surface area contributed by atoms with E-state index in [1.54, 1.807) is 30.3 Å². The third kappa shape index (κ3) is 5.14. The van der Waals surface area contributed by atoms with Crippen molar-refractivity contribution in [2.45, 2.75) is 13.0 Å². The van der Waals surface area contributed by atoms with Gasteiger partial charge in [-0.25, -0.2) is 13.8 Å². The van der Waals surface area contributed by atoms with Crippen LogP contribution in [0.15, 0.2) is 64.2 Å². The van der Waals surface area contributed by atoms with Gasteiger partial charge in [0.2, 0.25) is 10.0 Å². The van der Waals surface area contributed by atoms with Gasteiger partial charge in [-0.2, -0.15) is 5.10 Å². The van der Waals surface area contributed by atoms with Crippen LogP contribution < -0.4 is 9.73 Å². The first-order valence-corrected chi connectivity index (χ1v) is 10.1. The van der Waals surface area contributed by atoms with Crippen molar-refractivity contribution in [2.75, 3.05) is 10.6 Å². The van der Waals surface area contributed by atoms with Crippen LogP contribution in [0.25, 0.3) is 0 Å². The lowest BCUT2D eigenvalue weighted by Gasteiger charge is -2.27. The van der Waals surface area contributed by atoms with Crippen LogP contribution in [-0.2, 0) is 14.8 Å². The summed E-state index contributed by atoms with van der Waals surface area (Å²) in [7, 11) is -3.63. The van der Waals surface area contributed by atoms with Gasteiger partial charge in [-0.05, 0) is 25.1 Å². The first kappa shape index (κ1) is 19.1. The number of benzene rings is 2. The molecule has 1 N–H and O–H groups in total. The molecule has 0 bridgehead atoms. The summed E-state index contributed by atoms with van der Waals surface area (Å²) in [4.78, 5) is 12.3. The van der Waals surface area contributed by atoms with Gasteiger partial charge in [0.1, 0.15) is 6.04 Å². The molecule has 0 saturated heterocycles. The second-order valence-corrected chi connectivity index (χ2v) is 8.04.